The van der Waals surface area contributed by atoms with Gasteiger partial charge < -0.3 is 20.7 Å². The zero-order valence-corrected chi connectivity index (χ0v) is 9.57. The van der Waals surface area contributed by atoms with E-state index in [1.54, 1.807) is 12.2 Å². The number of rotatable bonds is 2. The molecule has 3 N–H and O–H groups in total. The molecule has 8 nitrogen and oxygen atoms in total. The molecule has 0 radical (unpaired) electrons. The maximum Gasteiger partial charge on any atom is 0.355 e. The number of nitrogens with one attached hydrogen (secondary N) is 1. The normalized spacial score (nSPS) is 26.3. The summed E-state index contributed by atoms with van der Waals surface area (Å²) >= 11 is 0. The van der Waals surface area contributed by atoms with Crippen molar-refractivity contribution in [2.75, 3.05) is 6.54 Å². The van der Waals surface area contributed by atoms with Crippen LogP contribution in [-0.4, -0.2) is 27.6 Å². The van der Waals surface area contributed by atoms with E-state index in [1.807, 2.05) is 4.90 Å². The summed E-state index contributed by atoms with van der Waals surface area (Å²) in [6.07, 6.45) is 6.59. The first-order valence-corrected chi connectivity index (χ1v) is 5.71. The van der Waals surface area contributed by atoms with E-state index in [0.29, 0.717) is 11.5 Å². The average molecular weight is 251 g/mol. The van der Waals surface area contributed by atoms with Gasteiger partial charge in [0, 0.05) is 12.6 Å². The minimum absolute atomic E-state index is 0.0816. The van der Waals surface area contributed by atoms with Crippen LogP contribution in [0.25, 0.3) is 0 Å². The molecule has 0 spiro atoms. The minimum atomic E-state index is -0.488. The second-order valence-electron chi connectivity index (χ2n) is 4.27. The van der Waals surface area contributed by atoms with Crippen LogP contribution in [0.5, 0.6) is 0 Å². The molecule has 3 heterocycles. The van der Waals surface area contributed by atoms with Crippen LogP contribution in [0.1, 0.15) is 12.8 Å². The SMILES string of the molecule is NC1CCCN1C1=C2C=CC=C([N+](=O)[O-])N2ON1. The van der Waals surface area contributed by atoms with Crippen molar-refractivity contribution in [3.63, 3.8) is 0 Å². The highest BCUT2D eigenvalue weighted by atomic mass is 16.8. The third-order valence-electron chi connectivity index (χ3n) is 3.18. The summed E-state index contributed by atoms with van der Waals surface area (Å²) < 4.78 is 0. The lowest BCUT2D eigenvalue weighted by Gasteiger charge is -2.22. The van der Waals surface area contributed by atoms with Crippen LogP contribution in [0.2, 0.25) is 0 Å². The molecule has 1 atom stereocenters. The van der Waals surface area contributed by atoms with Crippen molar-refractivity contribution >= 4 is 0 Å². The molecule has 0 aromatic heterocycles. The Hall–Kier alpha value is -2.06. The van der Waals surface area contributed by atoms with Crippen molar-refractivity contribution in [3.8, 4) is 0 Å². The topological polar surface area (TPSA) is 96.9 Å². The molecule has 8 heteroatoms. The third-order valence-corrected chi connectivity index (χ3v) is 3.18. The number of hydroxylamine groups is 3. The number of nitrogens with two attached hydrogens (primary N) is 1. The maximum absolute atomic E-state index is 10.9. The van der Waals surface area contributed by atoms with E-state index >= 15 is 0 Å². The van der Waals surface area contributed by atoms with E-state index in [0.717, 1.165) is 19.4 Å². The Labute approximate surface area is 103 Å². The summed E-state index contributed by atoms with van der Waals surface area (Å²) in [7, 11) is 0. The number of likely N-dealkylation sites (tertiary alicyclic amines) is 1. The quantitative estimate of drug-likeness (QED) is 0.525. The van der Waals surface area contributed by atoms with Crippen LogP contribution in [0.15, 0.2) is 35.6 Å². The van der Waals surface area contributed by atoms with E-state index in [9.17, 15) is 10.1 Å². The first-order valence-electron chi connectivity index (χ1n) is 5.71. The fraction of sp³-hybridized carbons (Fsp3) is 0.400. The highest BCUT2D eigenvalue weighted by molar-refractivity contribution is 5.33. The highest BCUT2D eigenvalue weighted by Crippen LogP contribution is 2.30. The molecule has 0 aromatic rings. The summed E-state index contributed by atoms with van der Waals surface area (Å²) in [5.74, 6) is 0.562. The molecule has 3 rings (SSSR count). The standard InChI is InChI=1S/C10H13N5O3/c11-8-4-2-6-13(8)10-7-3-1-5-9(15(16)17)14(7)18-12-10/h1,3,5,8,12H,2,4,6,11H2. The van der Waals surface area contributed by atoms with E-state index in [4.69, 9.17) is 10.7 Å². The smallest absolute Gasteiger partial charge is 0.355 e. The van der Waals surface area contributed by atoms with Gasteiger partial charge in [-0.2, -0.15) is 0 Å². The van der Waals surface area contributed by atoms with Crippen LogP contribution in [-0.2, 0) is 4.94 Å². The zero-order valence-electron chi connectivity index (χ0n) is 9.57. The Bertz CT molecular complexity index is 484. The van der Waals surface area contributed by atoms with Crippen molar-refractivity contribution in [1.82, 2.24) is 15.4 Å². The first-order chi connectivity index (χ1) is 8.68. The lowest BCUT2D eigenvalue weighted by atomic mass is 10.2. The van der Waals surface area contributed by atoms with E-state index < -0.39 is 4.92 Å². The lowest BCUT2D eigenvalue weighted by molar-refractivity contribution is -0.465. The van der Waals surface area contributed by atoms with Gasteiger partial charge in [-0.3, -0.25) is 0 Å². The summed E-state index contributed by atoms with van der Waals surface area (Å²) in [6, 6.07) is 0. The average Bonchev–Trinajstić information content (AvgIpc) is 2.93. The lowest BCUT2D eigenvalue weighted by Crippen LogP contribution is -2.39. The fourth-order valence-corrected chi connectivity index (χ4v) is 2.31. The van der Waals surface area contributed by atoms with Crippen LogP contribution in [0.4, 0.5) is 0 Å². The predicted molar refractivity (Wildman–Crippen MR) is 61.2 cm³/mol. The Balaban J connectivity index is 1.94. The van der Waals surface area contributed by atoms with Gasteiger partial charge in [0.2, 0.25) is 5.70 Å². The van der Waals surface area contributed by atoms with Crippen molar-refractivity contribution in [2.45, 2.75) is 19.0 Å². The Morgan fingerprint density at radius 1 is 1.61 bits per heavy atom. The molecule has 3 aliphatic heterocycles. The van der Waals surface area contributed by atoms with Crippen molar-refractivity contribution in [2.24, 2.45) is 5.73 Å². The van der Waals surface area contributed by atoms with Gasteiger partial charge in [-0.05, 0) is 35.0 Å². The molecule has 3 aliphatic rings. The monoisotopic (exact) mass is 251 g/mol. The predicted octanol–water partition coefficient (Wildman–Crippen LogP) is -0.0242. The molecule has 0 aliphatic carbocycles. The first kappa shape index (κ1) is 11.1. The molecule has 18 heavy (non-hydrogen) atoms. The number of fused-ring (bicyclic) bond motifs is 1. The Kier molecular flexibility index (Phi) is 2.46. The minimum Gasteiger partial charge on any atom is -0.358 e. The molecule has 96 valence electrons. The van der Waals surface area contributed by atoms with Crippen LogP contribution >= 0.6 is 0 Å². The van der Waals surface area contributed by atoms with Crippen LogP contribution in [0.3, 0.4) is 0 Å². The molecule has 0 aromatic carbocycles. The molecular weight excluding hydrogens is 238 g/mol. The van der Waals surface area contributed by atoms with Gasteiger partial charge >= 0.3 is 5.82 Å². The summed E-state index contributed by atoms with van der Waals surface area (Å²) in [5.41, 5.74) is 9.30. The number of hydrogen-bond donors (Lipinski definition) is 2. The summed E-state index contributed by atoms with van der Waals surface area (Å²) in [6.45, 7) is 0.815. The highest BCUT2D eigenvalue weighted by Gasteiger charge is 2.40. The molecule has 0 bridgehead atoms. The van der Waals surface area contributed by atoms with Gasteiger partial charge in [0.15, 0.2) is 5.82 Å². The number of hydrogen-bond acceptors (Lipinski definition) is 7. The second kappa shape index (κ2) is 4.00. The van der Waals surface area contributed by atoms with Gasteiger partial charge in [-0.25, -0.2) is 5.48 Å². The van der Waals surface area contributed by atoms with E-state index in [1.165, 1.54) is 11.1 Å². The number of nitro groups is 1. The van der Waals surface area contributed by atoms with Gasteiger partial charge in [0.05, 0.1) is 6.17 Å². The van der Waals surface area contributed by atoms with Crippen LogP contribution < -0.4 is 11.2 Å². The van der Waals surface area contributed by atoms with E-state index in [-0.39, 0.29) is 12.0 Å². The largest absolute Gasteiger partial charge is 0.358 e. The van der Waals surface area contributed by atoms with Gasteiger partial charge in [0.1, 0.15) is 0 Å². The zero-order chi connectivity index (χ0) is 12.7. The van der Waals surface area contributed by atoms with E-state index in [2.05, 4.69) is 5.48 Å². The molecular formula is C10H13N5O3. The molecule has 1 fully saturated rings. The number of nitrogens with zero attached hydrogens (tertiary/aromatic N) is 3. The second-order valence-corrected chi connectivity index (χ2v) is 4.27. The summed E-state index contributed by atoms with van der Waals surface area (Å²) in [5, 5.41) is 12.0. The Morgan fingerprint density at radius 2 is 2.44 bits per heavy atom. The molecule has 1 saturated heterocycles. The van der Waals surface area contributed by atoms with Crippen molar-refractivity contribution in [3.05, 3.63) is 45.7 Å². The molecule has 1 unspecified atom stereocenters. The third kappa shape index (κ3) is 1.54. The molecule has 0 saturated carbocycles. The van der Waals surface area contributed by atoms with Gasteiger partial charge in [0.25, 0.3) is 0 Å². The van der Waals surface area contributed by atoms with Gasteiger partial charge in [-0.1, -0.05) is 4.94 Å². The fourth-order valence-electron chi connectivity index (χ4n) is 2.31. The summed E-state index contributed by atoms with van der Waals surface area (Å²) in [4.78, 5) is 17.5. The molecule has 0 amide bonds. The maximum atomic E-state index is 10.9. The van der Waals surface area contributed by atoms with Crippen molar-refractivity contribution < 1.29 is 9.86 Å². The Morgan fingerprint density at radius 3 is 3.11 bits per heavy atom. The van der Waals surface area contributed by atoms with Crippen LogP contribution in [0, 0.1) is 10.1 Å². The number of allylic oxidation sites excluding steroid dienone is 3. The van der Waals surface area contributed by atoms with Crippen molar-refractivity contribution in [1.29, 1.82) is 0 Å². The van der Waals surface area contributed by atoms with Gasteiger partial charge in [-0.15, -0.1) is 0 Å².